The number of carbonyl (C=O) groups is 1. The Labute approximate surface area is 134 Å². The number of nitriles is 1. The van der Waals surface area contributed by atoms with Gasteiger partial charge >= 0.3 is 0 Å². The maximum absolute atomic E-state index is 12.8. The van der Waals surface area contributed by atoms with Crippen LogP contribution in [0.15, 0.2) is 42.0 Å². The zero-order chi connectivity index (χ0) is 16.1. The molecule has 2 aromatic rings. The van der Waals surface area contributed by atoms with Crippen molar-refractivity contribution in [1.29, 1.82) is 5.26 Å². The molecule has 0 radical (unpaired) electrons. The number of hydrogen-bond donors (Lipinski definition) is 1. The zero-order valence-corrected chi connectivity index (χ0v) is 12.8. The van der Waals surface area contributed by atoms with Crippen LogP contribution in [0, 0.1) is 11.3 Å². The van der Waals surface area contributed by atoms with Crippen molar-refractivity contribution in [2.45, 2.75) is 25.5 Å². The second-order valence-electron chi connectivity index (χ2n) is 6.18. The van der Waals surface area contributed by atoms with Crippen molar-refractivity contribution >= 4 is 22.3 Å². The molecule has 1 fully saturated rings. The van der Waals surface area contributed by atoms with Crippen molar-refractivity contribution in [1.82, 2.24) is 4.90 Å². The van der Waals surface area contributed by atoms with E-state index in [0.29, 0.717) is 24.1 Å². The van der Waals surface area contributed by atoms with Gasteiger partial charge in [-0.15, -0.1) is 0 Å². The number of aliphatic hydroxyl groups excluding tert-OH is 1. The van der Waals surface area contributed by atoms with Crippen LogP contribution in [0.2, 0.25) is 0 Å². The Bertz CT molecular complexity index is 907. The third-order valence-corrected chi connectivity index (χ3v) is 4.99. The molecule has 2 atom stereocenters. The van der Waals surface area contributed by atoms with Crippen LogP contribution in [0.25, 0.3) is 16.3 Å². The first-order chi connectivity index (χ1) is 11.1. The number of rotatable bonds is 1. The Morgan fingerprint density at radius 1 is 1.22 bits per heavy atom. The van der Waals surface area contributed by atoms with Crippen molar-refractivity contribution in [3.63, 3.8) is 0 Å². The summed E-state index contributed by atoms with van der Waals surface area (Å²) in [6.07, 6.45) is 0.149. The minimum atomic E-state index is -0.485. The van der Waals surface area contributed by atoms with E-state index in [-0.39, 0.29) is 11.9 Å². The third kappa shape index (κ3) is 1.84. The fourth-order valence-corrected chi connectivity index (χ4v) is 3.93. The molecule has 23 heavy (non-hydrogen) atoms. The minimum absolute atomic E-state index is 0.0149. The number of hydrogen-bond acceptors (Lipinski definition) is 3. The van der Waals surface area contributed by atoms with Gasteiger partial charge in [-0.2, -0.15) is 5.26 Å². The van der Waals surface area contributed by atoms with Gasteiger partial charge in [-0.1, -0.05) is 30.3 Å². The van der Waals surface area contributed by atoms with E-state index in [2.05, 4.69) is 6.07 Å². The van der Waals surface area contributed by atoms with E-state index < -0.39 is 6.10 Å². The van der Waals surface area contributed by atoms with Gasteiger partial charge < -0.3 is 10.0 Å². The van der Waals surface area contributed by atoms with Crippen LogP contribution in [0.3, 0.4) is 0 Å². The molecule has 0 saturated carbocycles. The maximum atomic E-state index is 12.8. The quantitative estimate of drug-likeness (QED) is 0.880. The predicted molar refractivity (Wildman–Crippen MR) is 87.4 cm³/mol. The first-order valence-electron chi connectivity index (χ1n) is 7.75. The Kier molecular flexibility index (Phi) is 3.00. The first kappa shape index (κ1) is 14.0. The molecule has 4 heteroatoms. The molecule has 0 aromatic heterocycles. The number of benzene rings is 2. The van der Waals surface area contributed by atoms with Crippen molar-refractivity contribution in [2.75, 3.05) is 6.54 Å². The third-order valence-electron chi connectivity index (χ3n) is 4.99. The van der Waals surface area contributed by atoms with Gasteiger partial charge in [-0.05, 0) is 35.9 Å². The summed E-state index contributed by atoms with van der Waals surface area (Å²) in [5, 5.41) is 21.2. The highest BCUT2D eigenvalue weighted by Gasteiger charge is 2.45. The van der Waals surface area contributed by atoms with Gasteiger partial charge in [0.2, 0.25) is 0 Å². The van der Waals surface area contributed by atoms with Crippen molar-refractivity contribution in [3.8, 4) is 6.07 Å². The molecule has 114 valence electrons. The molecule has 2 unspecified atom stereocenters. The normalized spacial score (nSPS) is 23.5. The maximum Gasteiger partial charge on any atom is 0.255 e. The van der Waals surface area contributed by atoms with Crippen LogP contribution in [0.1, 0.15) is 24.5 Å². The molecule has 4 nitrogen and oxygen atoms in total. The summed E-state index contributed by atoms with van der Waals surface area (Å²) in [7, 11) is 0. The molecular formula is C19H16N2O2. The number of nitrogens with zero attached hydrogens (tertiary/aromatic N) is 2. The van der Waals surface area contributed by atoms with Crippen molar-refractivity contribution in [2.24, 2.45) is 0 Å². The van der Waals surface area contributed by atoms with Gasteiger partial charge in [0.25, 0.3) is 5.91 Å². The lowest BCUT2D eigenvalue weighted by atomic mass is 9.92. The first-order valence-corrected chi connectivity index (χ1v) is 7.75. The number of fused-ring (bicyclic) bond motifs is 2. The van der Waals surface area contributed by atoms with E-state index in [1.807, 2.05) is 37.3 Å². The lowest BCUT2D eigenvalue weighted by Crippen LogP contribution is -2.34. The molecule has 1 amide bonds. The number of carbonyl (C=O) groups excluding carboxylic acids is 1. The molecular weight excluding hydrogens is 288 g/mol. The molecule has 0 aliphatic carbocycles. The van der Waals surface area contributed by atoms with E-state index in [1.165, 1.54) is 0 Å². The largest absolute Gasteiger partial charge is 0.391 e. The highest BCUT2D eigenvalue weighted by Crippen LogP contribution is 2.40. The minimum Gasteiger partial charge on any atom is -0.391 e. The zero-order valence-electron chi connectivity index (χ0n) is 12.8. The summed E-state index contributed by atoms with van der Waals surface area (Å²) in [5.41, 5.74) is 3.06. The molecule has 2 aliphatic heterocycles. The van der Waals surface area contributed by atoms with Crippen LogP contribution in [0.5, 0.6) is 0 Å². The smallest absolute Gasteiger partial charge is 0.255 e. The second kappa shape index (κ2) is 4.94. The molecule has 4 rings (SSSR count). The molecule has 0 bridgehead atoms. The summed E-state index contributed by atoms with van der Waals surface area (Å²) in [6, 6.07) is 13.3. The summed E-state index contributed by atoms with van der Waals surface area (Å²) in [6.45, 7) is 2.53. The van der Waals surface area contributed by atoms with E-state index in [0.717, 1.165) is 21.9 Å². The summed E-state index contributed by atoms with van der Waals surface area (Å²) in [4.78, 5) is 14.6. The fourth-order valence-electron chi connectivity index (χ4n) is 3.93. The van der Waals surface area contributed by atoms with Crippen LogP contribution >= 0.6 is 0 Å². The SMILES string of the molecule is CC1=C(c2ccc(C#N)c3ccccc23)C(=O)N2CCC(O)C12. The Hall–Kier alpha value is -2.64. The van der Waals surface area contributed by atoms with Crippen LogP contribution in [-0.2, 0) is 4.79 Å². The Morgan fingerprint density at radius 3 is 2.65 bits per heavy atom. The average molecular weight is 304 g/mol. The number of aliphatic hydroxyl groups is 1. The van der Waals surface area contributed by atoms with Crippen molar-refractivity contribution < 1.29 is 9.90 Å². The van der Waals surface area contributed by atoms with E-state index >= 15 is 0 Å². The van der Waals surface area contributed by atoms with Crippen LogP contribution in [0.4, 0.5) is 0 Å². The van der Waals surface area contributed by atoms with Gasteiger partial charge in [0.05, 0.1) is 23.8 Å². The van der Waals surface area contributed by atoms with E-state index in [1.54, 1.807) is 11.0 Å². The van der Waals surface area contributed by atoms with Crippen LogP contribution in [-0.4, -0.2) is 34.6 Å². The topological polar surface area (TPSA) is 64.3 Å². The molecule has 2 aliphatic rings. The Balaban J connectivity index is 1.97. The van der Waals surface area contributed by atoms with Crippen LogP contribution < -0.4 is 0 Å². The summed E-state index contributed by atoms with van der Waals surface area (Å²) >= 11 is 0. The van der Waals surface area contributed by atoms with Gasteiger partial charge in [-0.25, -0.2) is 0 Å². The van der Waals surface area contributed by atoms with Gasteiger partial charge in [-0.3, -0.25) is 4.79 Å². The molecule has 1 saturated heterocycles. The molecule has 0 spiro atoms. The average Bonchev–Trinajstić information content (AvgIpc) is 3.07. The molecule has 2 heterocycles. The lowest BCUT2D eigenvalue weighted by Gasteiger charge is -2.18. The second-order valence-corrected chi connectivity index (χ2v) is 6.18. The molecule has 2 aromatic carbocycles. The number of amides is 1. The van der Waals surface area contributed by atoms with E-state index in [9.17, 15) is 15.2 Å². The predicted octanol–water partition coefficient (Wildman–Crippen LogP) is 2.46. The van der Waals surface area contributed by atoms with Crippen molar-refractivity contribution in [3.05, 3.63) is 53.1 Å². The Morgan fingerprint density at radius 2 is 1.96 bits per heavy atom. The monoisotopic (exact) mass is 304 g/mol. The summed E-state index contributed by atoms with van der Waals surface area (Å²) < 4.78 is 0. The van der Waals surface area contributed by atoms with E-state index in [4.69, 9.17) is 0 Å². The highest BCUT2D eigenvalue weighted by atomic mass is 16.3. The fraction of sp³-hybridized carbons (Fsp3) is 0.263. The highest BCUT2D eigenvalue weighted by molar-refractivity contribution is 6.26. The molecule has 1 N–H and O–H groups in total. The van der Waals surface area contributed by atoms with Gasteiger partial charge in [0.15, 0.2) is 0 Å². The van der Waals surface area contributed by atoms with Gasteiger partial charge in [0, 0.05) is 17.5 Å². The standard InChI is InChI=1S/C19H16N2O2/c1-11-17(19(23)21-9-8-16(22)18(11)21)15-7-6-12(10-20)13-4-2-3-5-14(13)15/h2-7,16,18,22H,8-9H2,1H3. The lowest BCUT2D eigenvalue weighted by molar-refractivity contribution is -0.124. The van der Waals surface area contributed by atoms with Gasteiger partial charge in [0.1, 0.15) is 0 Å². The summed E-state index contributed by atoms with van der Waals surface area (Å²) in [5.74, 6) is -0.0149.